The van der Waals surface area contributed by atoms with Crippen molar-refractivity contribution in [1.82, 2.24) is 10.6 Å². The summed E-state index contributed by atoms with van der Waals surface area (Å²) in [7, 11) is 0. The normalized spacial score (nSPS) is 21.3. The maximum Gasteiger partial charge on any atom is 0.275 e. The second-order valence-corrected chi connectivity index (χ2v) is 6.81. The number of nitrogens with one attached hydrogen (secondary N) is 3. The molecule has 1 fully saturated rings. The Hall–Kier alpha value is -2.28. The van der Waals surface area contributed by atoms with Crippen LogP contribution in [0.5, 0.6) is 11.5 Å². The van der Waals surface area contributed by atoms with Crippen molar-refractivity contribution in [3.63, 3.8) is 0 Å². The zero-order chi connectivity index (χ0) is 18.4. The fraction of sp³-hybridized carbons (Fsp3) is 0.579. The van der Waals surface area contributed by atoms with Crippen LogP contribution in [-0.4, -0.2) is 51.2 Å². The third kappa shape index (κ3) is 4.66. The van der Waals surface area contributed by atoms with E-state index >= 15 is 0 Å². The van der Waals surface area contributed by atoms with E-state index in [1.165, 1.54) is 10.5 Å². The van der Waals surface area contributed by atoms with Crippen LogP contribution in [0.4, 0.5) is 0 Å². The van der Waals surface area contributed by atoms with Crippen LogP contribution in [0.3, 0.4) is 0 Å². The van der Waals surface area contributed by atoms with Gasteiger partial charge in [0, 0.05) is 24.9 Å². The van der Waals surface area contributed by atoms with Crippen molar-refractivity contribution < 1.29 is 24.0 Å². The van der Waals surface area contributed by atoms with Gasteiger partial charge in [0.15, 0.2) is 18.0 Å². The molecule has 2 atom stereocenters. The molecule has 2 aliphatic rings. The molecule has 1 aromatic carbocycles. The minimum atomic E-state index is -0.139. The van der Waals surface area contributed by atoms with E-state index in [1.54, 1.807) is 0 Å². The second kappa shape index (κ2) is 8.89. The Bertz CT molecular complexity index is 650. The molecule has 26 heavy (non-hydrogen) atoms. The third-order valence-corrected chi connectivity index (χ3v) is 4.86. The highest BCUT2D eigenvalue weighted by molar-refractivity contribution is 5.85. The van der Waals surface area contributed by atoms with Gasteiger partial charge in [-0.3, -0.25) is 9.59 Å². The zero-order valence-corrected chi connectivity index (χ0v) is 15.3. The number of hydrogen-bond donors (Lipinski definition) is 3. The van der Waals surface area contributed by atoms with Gasteiger partial charge in [-0.05, 0) is 24.6 Å². The Labute approximate surface area is 154 Å². The van der Waals surface area contributed by atoms with E-state index in [0.717, 1.165) is 37.3 Å². The SMILES string of the molecule is CCCNC(=O)CNC(=O)C[NH+]1CCC[C@@H]1c1ccc2c(c1)OCCO2. The molecule has 0 aliphatic carbocycles. The topological polar surface area (TPSA) is 81.1 Å². The summed E-state index contributed by atoms with van der Waals surface area (Å²) in [4.78, 5) is 25.1. The maximum atomic E-state index is 12.2. The van der Waals surface area contributed by atoms with E-state index in [0.29, 0.717) is 26.3 Å². The Balaban J connectivity index is 1.55. The standard InChI is InChI=1S/C19H27N3O4/c1-2-7-20-18(23)12-21-19(24)13-22-8-3-4-15(22)14-5-6-16-17(11-14)26-10-9-25-16/h5-6,11,15H,2-4,7-10,12-13H2,1H3,(H,20,23)(H,21,24)/p+1/t15-/m1/s1. The number of carbonyl (C=O) groups excluding carboxylic acids is 2. The highest BCUT2D eigenvalue weighted by atomic mass is 16.6. The molecule has 0 radical (unpaired) electrons. The van der Waals surface area contributed by atoms with Gasteiger partial charge in [0.2, 0.25) is 5.91 Å². The summed E-state index contributed by atoms with van der Waals surface area (Å²) >= 11 is 0. The molecule has 142 valence electrons. The number of rotatable bonds is 7. The summed E-state index contributed by atoms with van der Waals surface area (Å²) in [6.07, 6.45) is 3.01. The fourth-order valence-corrected chi connectivity index (χ4v) is 3.58. The Morgan fingerprint density at radius 1 is 1.15 bits per heavy atom. The molecule has 2 heterocycles. The quantitative estimate of drug-likeness (QED) is 0.629. The molecule has 3 N–H and O–H groups in total. The van der Waals surface area contributed by atoms with Gasteiger partial charge in [0.05, 0.1) is 13.1 Å². The molecule has 1 aromatic rings. The summed E-state index contributed by atoms with van der Waals surface area (Å²) in [6, 6.07) is 6.34. The second-order valence-electron chi connectivity index (χ2n) is 6.81. The average molecular weight is 362 g/mol. The van der Waals surface area contributed by atoms with Crippen LogP contribution < -0.4 is 25.0 Å². The molecule has 3 rings (SSSR count). The molecule has 1 saturated heterocycles. The van der Waals surface area contributed by atoms with Crippen LogP contribution in [0.2, 0.25) is 0 Å². The third-order valence-electron chi connectivity index (χ3n) is 4.86. The van der Waals surface area contributed by atoms with Crippen molar-refractivity contribution in [2.45, 2.75) is 32.2 Å². The van der Waals surface area contributed by atoms with E-state index in [1.807, 2.05) is 19.1 Å². The number of quaternary nitrogens is 1. The van der Waals surface area contributed by atoms with E-state index < -0.39 is 0 Å². The van der Waals surface area contributed by atoms with Gasteiger partial charge in [0.25, 0.3) is 5.91 Å². The Kier molecular flexibility index (Phi) is 6.33. The molecule has 0 bridgehead atoms. The van der Waals surface area contributed by atoms with Gasteiger partial charge in [-0.15, -0.1) is 0 Å². The lowest BCUT2D eigenvalue weighted by atomic mass is 10.0. The van der Waals surface area contributed by atoms with Gasteiger partial charge < -0.3 is 25.0 Å². The predicted molar refractivity (Wildman–Crippen MR) is 96.4 cm³/mol. The summed E-state index contributed by atoms with van der Waals surface area (Å²) in [6.45, 7) is 5.15. The predicted octanol–water partition coefficient (Wildman–Crippen LogP) is -0.180. The van der Waals surface area contributed by atoms with Crippen LogP contribution in [0.15, 0.2) is 18.2 Å². The van der Waals surface area contributed by atoms with Crippen LogP contribution >= 0.6 is 0 Å². The highest BCUT2D eigenvalue weighted by Gasteiger charge is 2.32. The number of ether oxygens (including phenoxy) is 2. The minimum Gasteiger partial charge on any atom is -0.486 e. The van der Waals surface area contributed by atoms with Crippen molar-refractivity contribution in [3.8, 4) is 11.5 Å². The summed E-state index contributed by atoms with van der Waals surface area (Å²) in [5.74, 6) is 1.35. The van der Waals surface area contributed by atoms with Crippen molar-refractivity contribution in [1.29, 1.82) is 0 Å². The van der Waals surface area contributed by atoms with E-state index in [2.05, 4.69) is 16.7 Å². The smallest absolute Gasteiger partial charge is 0.275 e. The lowest BCUT2D eigenvalue weighted by Crippen LogP contribution is -3.11. The first-order valence-corrected chi connectivity index (χ1v) is 9.45. The summed E-state index contributed by atoms with van der Waals surface area (Å²) < 4.78 is 11.3. The molecule has 0 aromatic heterocycles. The van der Waals surface area contributed by atoms with Crippen LogP contribution in [-0.2, 0) is 9.59 Å². The van der Waals surface area contributed by atoms with E-state index in [4.69, 9.17) is 9.47 Å². The molecule has 2 aliphatic heterocycles. The van der Waals surface area contributed by atoms with Crippen molar-refractivity contribution in [3.05, 3.63) is 23.8 Å². The van der Waals surface area contributed by atoms with E-state index in [9.17, 15) is 9.59 Å². The van der Waals surface area contributed by atoms with Gasteiger partial charge in [-0.1, -0.05) is 6.92 Å². The first-order valence-electron chi connectivity index (χ1n) is 9.45. The first-order chi connectivity index (χ1) is 12.7. The summed E-state index contributed by atoms with van der Waals surface area (Å²) in [5, 5.41) is 5.48. The highest BCUT2D eigenvalue weighted by Crippen LogP contribution is 2.33. The van der Waals surface area contributed by atoms with Gasteiger partial charge in [0.1, 0.15) is 19.3 Å². The molecule has 0 saturated carbocycles. The lowest BCUT2D eigenvalue weighted by molar-refractivity contribution is -0.910. The number of hydrogen-bond acceptors (Lipinski definition) is 4. The number of fused-ring (bicyclic) bond motifs is 1. The van der Waals surface area contributed by atoms with Gasteiger partial charge in [-0.2, -0.15) is 0 Å². The molecule has 1 unspecified atom stereocenters. The lowest BCUT2D eigenvalue weighted by Gasteiger charge is -2.24. The number of amides is 2. The zero-order valence-electron chi connectivity index (χ0n) is 15.3. The van der Waals surface area contributed by atoms with Crippen LogP contribution in [0.25, 0.3) is 0 Å². The van der Waals surface area contributed by atoms with E-state index in [-0.39, 0.29) is 24.4 Å². The fourth-order valence-electron chi connectivity index (χ4n) is 3.58. The van der Waals surface area contributed by atoms with Crippen molar-refractivity contribution in [2.24, 2.45) is 0 Å². The van der Waals surface area contributed by atoms with Crippen LogP contribution in [0, 0.1) is 0 Å². The van der Waals surface area contributed by atoms with Crippen molar-refractivity contribution in [2.75, 3.05) is 39.4 Å². The minimum absolute atomic E-state index is 0.0425. The Morgan fingerprint density at radius 3 is 2.77 bits per heavy atom. The number of likely N-dealkylation sites (tertiary alicyclic amines) is 1. The molecular formula is C19H28N3O4+. The Morgan fingerprint density at radius 2 is 1.96 bits per heavy atom. The first kappa shape index (κ1) is 18.5. The molecular weight excluding hydrogens is 334 g/mol. The number of carbonyl (C=O) groups is 2. The largest absolute Gasteiger partial charge is 0.486 e. The maximum absolute atomic E-state index is 12.2. The average Bonchev–Trinajstić information content (AvgIpc) is 3.12. The van der Waals surface area contributed by atoms with Crippen LogP contribution in [0.1, 0.15) is 37.8 Å². The van der Waals surface area contributed by atoms with Gasteiger partial charge >= 0.3 is 0 Å². The molecule has 7 nitrogen and oxygen atoms in total. The number of benzene rings is 1. The molecule has 0 spiro atoms. The molecule has 2 amide bonds. The molecule has 7 heteroatoms. The van der Waals surface area contributed by atoms with Gasteiger partial charge in [-0.25, -0.2) is 0 Å². The van der Waals surface area contributed by atoms with Crippen molar-refractivity contribution >= 4 is 11.8 Å². The monoisotopic (exact) mass is 362 g/mol. The summed E-state index contributed by atoms with van der Waals surface area (Å²) in [5.41, 5.74) is 1.18.